The molecule has 0 N–H and O–H groups in total. The molecule has 8 heteroatoms. The lowest BCUT2D eigenvalue weighted by Gasteiger charge is -2.38. The zero-order valence-electron chi connectivity index (χ0n) is 18.2. The Bertz CT molecular complexity index is 736. The van der Waals surface area contributed by atoms with Gasteiger partial charge in [-0.2, -0.15) is 22.0 Å². The topological polar surface area (TPSA) is 9.23 Å². The number of benzene rings is 1. The van der Waals surface area contributed by atoms with Crippen molar-refractivity contribution in [3.8, 4) is 5.75 Å². The molecule has 1 aromatic carbocycles. The quantitative estimate of drug-likeness (QED) is 0.350. The van der Waals surface area contributed by atoms with Crippen molar-refractivity contribution in [3.63, 3.8) is 0 Å². The standard InChI is InChI=1S/C24H31ClF6O/c1-2-3-15-4-6-16(7-5-15)17-8-10-18(11-9-17)19-12-13-21(20(25)14-19)32-24(30,31)22(26)23(27,28)29/h12-18,22H,2-11H2,1H3. The van der Waals surface area contributed by atoms with Gasteiger partial charge in [0.2, 0.25) is 0 Å². The van der Waals surface area contributed by atoms with E-state index in [1.165, 1.54) is 44.6 Å². The van der Waals surface area contributed by atoms with Gasteiger partial charge < -0.3 is 4.74 Å². The molecule has 1 unspecified atom stereocenters. The van der Waals surface area contributed by atoms with Gasteiger partial charge in [-0.1, -0.05) is 50.3 Å². The molecule has 32 heavy (non-hydrogen) atoms. The average molecular weight is 485 g/mol. The van der Waals surface area contributed by atoms with Crippen LogP contribution in [0.1, 0.15) is 82.6 Å². The fraction of sp³-hybridized carbons (Fsp3) is 0.750. The minimum absolute atomic E-state index is 0.221. The molecule has 2 saturated carbocycles. The third-order valence-electron chi connectivity index (χ3n) is 7.28. The van der Waals surface area contributed by atoms with Crippen molar-refractivity contribution < 1.29 is 31.1 Å². The summed E-state index contributed by atoms with van der Waals surface area (Å²) in [5.41, 5.74) is 0.850. The van der Waals surface area contributed by atoms with E-state index in [2.05, 4.69) is 11.7 Å². The minimum Gasteiger partial charge on any atom is -0.429 e. The summed E-state index contributed by atoms with van der Waals surface area (Å²) in [7, 11) is 0. The summed E-state index contributed by atoms with van der Waals surface area (Å²) in [5, 5.41) is -0.243. The zero-order valence-corrected chi connectivity index (χ0v) is 19.0. The first kappa shape index (κ1) is 25.5. The van der Waals surface area contributed by atoms with Crippen LogP contribution in [0, 0.1) is 17.8 Å². The maximum absolute atomic E-state index is 13.5. The molecule has 1 atom stereocenters. The molecule has 0 aromatic heterocycles. The third-order valence-corrected chi connectivity index (χ3v) is 7.58. The molecule has 0 amide bonds. The Labute approximate surface area is 190 Å². The van der Waals surface area contributed by atoms with Crippen LogP contribution < -0.4 is 4.74 Å². The van der Waals surface area contributed by atoms with Crippen LogP contribution in [-0.4, -0.2) is 18.5 Å². The van der Waals surface area contributed by atoms with Gasteiger partial charge in [0.15, 0.2) is 0 Å². The van der Waals surface area contributed by atoms with Crippen molar-refractivity contribution in [1.82, 2.24) is 0 Å². The number of hydrogen-bond donors (Lipinski definition) is 0. The van der Waals surface area contributed by atoms with Crippen molar-refractivity contribution in [2.45, 2.75) is 95.5 Å². The Morgan fingerprint density at radius 1 is 0.938 bits per heavy atom. The summed E-state index contributed by atoms with van der Waals surface area (Å²) in [5.74, 6) is 1.94. The zero-order chi connectivity index (χ0) is 23.5. The van der Waals surface area contributed by atoms with Crippen LogP contribution in [0.25, 0.3) is 0 Å². The lowest BCUT2D eigenvalue weighted by Crippen LogP contribution is -2.45. The van der Waals surface area contributed by atoms with Crippen LogP contribution in [0.4, 0.5) is 26.3 Å². The van der Waals surface area contributed by atoms with E-state index in [1.807, 2.05) is 0 Å². The first-order chi connectivity index (χ1) is 15.0. The van der Waals surface area contributed by atoms with Gasteiger partial charge in [0.1, 0.15) is 5.75 Å². The average Bonchev–Trinajstić information content (AvgIpc) is 2.75. The normalized spacial score (nSPS) is 28.4. The summed E-state index contributed by atoms with van der Waals surface area (Å²) in [4.78, 5) is 0. The number of alkyl halides is 6. The molecule has 0 spiro atoms. The lowest BCUT2D eigenvalue weighted by atomic mass is 9.68. The number of ether oxygens (including phenoxy) is 1. The van der Waals surface area contributed by atoms with E-state index in [0.717, 1.165) is 55.1 Å². The molecule has 0 saturated heterocycles. The second kappa shape index (κ2) is 10.4. The molecular formula is C24H31ClF6O. The van der Waals surface area contributed by atoms with Crippen LogP contribution in [0.5, 0.6) is 5.75 Å². The van der Waals surface area contributed by atoms with E-state index in [1.54, 1.807) is 6.07 Å². The second-order valence-electron chi connectivity index (χ2n) is 9.44. The summed E-state index contributed by atoms with van der Waals surface area (Å²) in [6.07, 6.45) is -3.23. The Kier molecular flexibility index (Phi) is 8.32. The molecule has 2 aliphatic carbocycles. The van der Waals surface area contributed by atoms with E-state index in [-0.39, 0.29) is 10.9 Å². The summed E-state index contributed by atoms with van der Waals surface area (Å²) >= 11 is 6.00. The van der Waals surface area contributed by atoms with E-state index in [0.29, 0.717) is 0 Å². The van der Waals surface area contributed by atoms with Crippen LogP contribution in [0.3, 0.4) is 0 Å². The van der Waals surface area contributed by atoms with E-state index in [9.17, 15) is 26.3 Å². The summed E-state index contributed by atoms with van der Waals surface area (Å²) in [6.45, 7) is 2.24. The SMILES string of the molecule is CCCC1CCC(C2CCC(c3ccc(OC(F)(F)C(F)C(F)(F)F)c(Cl)c3)CC2)CC1. The van der Waals surface area contributed by atoms with E-state index in [4.69, 9.17) is 11.6 Å². The van der Waals surface area contributed by atoms with Crippen molar-refractivity contribution in [2.75, 3.05) is 0 Å². The Morgan fingerprint density at radius 2 is 1.50 bits per heavy atom. The van der Waals surface area contributed by atoms with E-state index >= 15 is 0 Å². The molecule has 0 aliphatic heterocycles. The van der Waals surface area contributed by atoms with Crippen molar-refractivity contribution >= 4 is 11.6 Å². The predicted octanol–water partition coefficient (Wildman–Crippen LogP) is 9.09. The minimum atomic E-state index is -5.73. The van der Waals surface area contributed by atoms with Gasteiger partial charge in [-0.3, -0.25) is 0 Å². The van der Waals surface area contributed by atoms with Crippen LogP contribution >= 0.6 is 11.6 Å². The number of rotatable bonds is 7. The van der Waals surface area contributed by atoms with Crippen LogP contribution in [0.15, 0.2) is 18.2 Å². The molecule has 0 bridgehead atoms. The summed E-state index contributed by atoms with van der Waals surface area (Å²) < 4.78 is 81.1. The molecule has 1 nitrogen and oxygen atoms in total. The van der Waals surface area contributed by atoms with Gasteiger partial charge in [0.25, 0.3) is 6.17 Å². The van der Waals surface area contributed by atoms with Crippen molar-refractivity contribution in [1.29, 1.82) is 0 Å². The molecule has 2 aliphatic rings. The highest BCUT2D eigenvalue weighted by atomic mass is 35.5. The van der Waals surface area contributed by atoms with Gasteiger partial charge >= 0.3 is 12.3 Å². The molecule has 3 rings (SSSR count). The second-order valence-corrected chi connectivity index (χ2v) is 9.85. The first-order valence-electron chi connectivity index (χ1n) is 11.6. The maximum atomic E-state index is 13.5. The molecule has 2 fully saturated rings. The van der Waals surface area contributed by atoms with Gasteiger partial charge in [0.05, 0.1) is 5.02 Å². The lowest BCUT2D eigenvalue weighted by molar-refractivity contribution is -0.304. The molecule has 1 aromatic rings. The molecular weight excluding hydrogens is 454 g/mol. The van der Waals surface area contributed by atoms with Crippen molar-refractivity contribution in [3.05, 3.63) is 28.8 Å². The smallest absolute Gasteiger partial charge is 0.429 e. The Balaban J connectivity index is 1.55. The number of hydrogen-bond acceptors (Lipinski definition) is 1. The van der Waals surface area contributed by atoms with Crippen molar-refractivity contribution in [2.24, 2.45) is 17.8 Å². The van der Waals surface area contributed by atoms with Gasteiger partial charge in [-0.15, -0.1) is 0 Å². The highest BCUT2D eigenvalue weighted by Crippen LogP contribution is 2.46. The first-order valence-corrected chi connectivity index (χ1v) is 12.0. The highest BCUT2D eigenvalue weighted by Gasteiger charge is 2.59. The van der Waals surface area contributed by atoms with Crippen LogP contribution in [0.2, 0.25) is 5.02 Å². The maximum Gasteiger partial charge on any atom is 0.439 e. The molecule has 0 radical (unpaired) electrons. The van der Waals surface area contributed by atoms with Gasteiger partial charge in [-0.25, -0.2) is 4.39 Å². The molecule has 0 heterocycles. The predicted molar refractivity (Wildman–Crippen MR) is 113 cm³/mol. The fourth-order valence-corrected chi connectivity index (χ4v) is 5.75. The Hall–Kier alpha value is -1.11. The monoisotopic (exact) mass is 484 g/mol. The van der Waals surface area contributed by atoms with Gasteiger partial charge in [0, 0.05) is 0 Å². The Morgan fingerprint density at radius 3 is 2.00 bits per heavy atom. The third kappa shape index (κ3) is 6.27. The molecule has 182 valence electrons. The largest absolute Gasteiger partial charge is 0.439 e. The highest BCUT2D eigenvalue weighted by molar-refractivity contribution is 6.32. The van der Waals surface area contributed by atoms with Gasteiger partial charge in [-0.05, 0) is 79.9 Å². The fourth-order valence-electron chi connectivity index (χ4n) is 5.52. The van der Waals surface area contributed by atoms with Crippen LogP contribution in [-0.2, 0) is 0 Å². The number of halogens is 7. The summed E-state index contributed by atoms with van der Waals surface area (Å²) in [6, 6.07) is 4.10. The van der Waals surface area contributed by atoms with E-state index < -0.39 is 24.2 Å².